The Bertz CT molecular complexity index is 306. The fourth-order valence-electron chi connectivity index (χ4n) is 2.76. The standard InChI is InChI=1S/C14H26N2OS/c1-4-6-11(13(15)18)14(17)16-12-8-5-7-9(2)10(12)3/h9-12H,4-8H2,1-3H3,(H2,15,18)(H,16,17). The molecule has 0 heterocycles. The van der Waals surface area contributed by atoms with Gasteiger partial charge in [0.1, 0.15) is 0 Å². The van der Waals surface area contributed by atoms with E-state index < -0.39 is 0 Å². The van der Waals surface area contributed by atoms with Crippen LogP contribution in [-0.2, 0) is 4.79 Å². The van der Waals surface area contributed by atoms with Gasteiger partial charge >= 0.3 is 0 Å². The van der Waals surface area contributed by atoms with Crippen LogP contribution < -0.4 is 11.1 Å². The molecule has 18 heavy (non-hydrogen) atoms. The predicted octanol–water partition coefficient (Wildman–Crippen LogP) is 2.63. The van der Waals surface area contributed by atoms with Crippen molar-refractivity contribution in [3.05, 3.63) is 0 Å². The van der Waals surface area contributed by atoms with E-state index in [1.807, 2.05) is 6.92 Å². The molecule has 1 saturated carbocycles. The molecule has 0 aliphatic heterocycles. The van der Waals surface area contributed by atoms with E-state index in [2.05, 4.69) is 19.2 Å². The first-order valence-corrected chi connectivity index (χ1v) is 7.47. The summed E-state index contributed by atoms with van der Waals surface area (Å²) in [5.74, 6) is 0.944. The van der Waals surface area contributed by atoms with Gasteiger partial charge in [-0.15, -0.1) is 0 Å². The van der Waals surface area contributed by atoms with Crippen LogP contribution in [0.25, 0.3) is 0 Å². The molecule has 1 aliphatic rings. The van der Waals surface area contributed by atoms with E-state index in [1.54, 1.807) is 0 Å². The summed E-state index contributed by atoms with van der Waals surface area (Å²) in [7, 11) is 0. The lowest BCUT2D eigenvalue weighted by Gasteiger charge is -2.35. The van der Waals surface area contributed by atoms with Crippen LogP contribution in [0.1, 0.15) is 52.9 Å². The van der Waals surface area contributed by atoms with Crippen LogP contribution in [0.3, 0.4) is 0 Å². The fourth-order valence-corrected chi connectivity index (χ4v) is 2.99. The van der Waals surface area contributed by atoms with Gasteiger partial charge in [0.25, 0.3) is 0 Å². The van der Waals surface area contributed by atoms with E-state index in [0.717, 1.165) is 19.3 Å². The van der Waals surface area contributed by atoms with Gasteiger partial charge in [-0.3, -0.25) is 4.79 Å². The third kappa shape index (κ3) is 3.94. The Labute approximate surface area is 116 Å². The Morgan fingerprint density at radius 1 is 1.44 bits per heavy atom. The highest BCUT2D eigenvalue weighted by Crippen LogP contribution is 2.29. The molecule has 0 spiro atoms. The van der Waals surface area contributed by atoms with E-state index in [9.17, 15) is 4.79 Å². The lowest BCUT2D eigenvalue weighted by Crippen LogP contribution is -2.48. The first-order chi connectivity index (χ1) is 8.47. The van der Waals surface area contributed by atoms with E-state index in [-0.39, 0.29) is 17.9 Å². The maximum Gasteiger partial charge on any atom is 0.230 e. The zero-order valence-electron chi connectivity index (χ0n) is 11.7. The summed E-state index contributed by atoms with van der Waals surface area (Å²) in [6.07, 6.45) is 5.21. The molecule has 3 N–H and O–H groups in total. The molecule has 4 atom stereocenters. The minimum atomic E-state index is -0.297. The van der Waals surface area contributed by atoms with Gasteiger partial charge in [0, 0.05) is 6.04 Å². The molecule has 4 heteroatoms. The average molecular weight is 270 g/mol. The van der Waals surface area contributed by atoms with Gasteiger partial charge in [-0.2, -0.15) is 0 Å². The molecule has 104 valence electrons. The first-order valence-electron chi connectivity index (χ1n) is 7.07. The zero-order valence-corrected chi connectivity index (χ0v) is 12.6. The van der Waals surface area contributed by atoms with Crippen molar-refractivity contribution in [3.8, 4) is 0 Å². The molecule has 0 radical (unpaired) electrons. The third-order valence-electron chi connectivity index (χ3n) is 4.27. The monoisotopic (exact) mass is 270 g/mol. The SMILES string of the molecule is CCCC(C(=O)NC1CCCC(C)C1C)C(N)=S. The molecule has 0 aromatic rings. The van der Waals surface area contributed by atoms with Crippen molar-refractivity contribution in [2.24, 2.45) is 23.5 Å². The maximum atomic E-state index is 12.2. The number of nitrogens with one attached hydrogen (secondary N) is 1. The molecule has 1 rings (SSSR count). The number of carbonyl (C=O) groups is 1. The Morgan fingerprint density at radius 2 is 2.11 bits per heavy atom. The molecular weight excluding hydrogens is 244 g/mol. The van der Waals surface area contributed by atoms with Crippen molar-refractivity contribution >= 4 is 23.1 Å². The molecule has 3 nitrogen and oxygen atoms in total. The quantitative estimate of drug-likeness (QED) is 0.755. The van der Waals surface area contributed by atoms with Crippen molar-refractivity contribution in [1.29, 1.82) is 0 Å². The van der Waals surface area contributed by atoms with Crippen LogP contribution in [-0.4, -0.2) is 16.9 Å². The molecule has 0 aromatic heterocycles. The van der Waals surface area contributed by atoms with Gasteiger partial charge in [0.15, 0.2) is 0 Å². The van der Waals surface area contributed by atoms with Gasteiger partial charge in [0.2, 0.25) is 5.91 Å². The van der Waals surface area contributed by atoms with Crippen molar-refractivity contribution in [2.75, 3.05) is 0 Å². The summed E-state index contributed by atoms with van der Waals surface area (Å²) in [5.41, 5.74) is 5.66. The number of nitrogens with two attached hydrogens (primary N) is 1. The summed E-state index contributed by atoms with van der Waals surface area (Å²) in [4.78, 5) is 12.5. The molecule has 0 aromatic carbocycles. The summed E-state index contributed by atoms with van der Waals surface area (Å²) < 4.78 is 0. The number of carbonyl (C=O) groups excluding carboxylic acids is 1. The van der Waals surface area contributed by atoms with E-state index in [1.165, 1.54) is 12.8 Å². The molecular formula is C14H26N2OS. The van der Waals surface area contributed by atoms with Gasteiger partial charge < -0.3 is 11.1 Å². The largest absolute Gasteiger partial charge is 0.393 e. The second-order valence-electron chi connectivity index (χ2n) is 5.63. The molecule has 1 aliphatic carbocycles. The zero-order chi connectivity index (χ0) is 13.7. The Kier molecular flexibility index (Phi) is 6.06. The van der Waals surface area contributed by atoms with Gasteiger partial charge in [-0.1, -0.05) is 52.3 Å². The van der Waals surface area contributed by atoms with Crippen LogP contribution in [0.15, 0.2) is 0 Å². The number of hydrogen-bond acceptors (Lipinski definition) is 2. The van der Waals surface area contributed by atoms with Crippen molar-refractivity contribution in [1.82, 2.24) is 5.32 Å². The minimum absolute atomic E-state index is 0.0234. The number of hydrogen-bond donors (Lipinski definition) is 2. The summed E-state index contributed by atoms with van der Waals surface area (Å²) in [6, 6.07) is 0.287. The third-order valence-corrected chi connectivity index (χ3v) is 4.56. The molecule has 0 bridgehead atoms. The highest BCUT2D eigenvalue weighted by Gasteiger charge is 2.30. The highest BCUT2D eigenvalue weighted by atomic mass is 32.1. The van der Waals surface area contributed by atoms with Gasteiger partial charge in [0.05, 0.1) is 10.9 Å². The van der Waals surface area contributed by atoms with E-state index in [4.69, 9.17) is 18.0 Å². The normalized spacial score (nSPS) is 29.6. The Morgan fingerprint density at radius 3 is 2.67 bits per heavy atom. The van der Waals surface area contributed by atoms with Crippen LogP contribution in [0, 0.1) is 17.8 Å². The maximum absolute atomic E-state index is 12.2. The van der Waals surface area contributed by atoms with Crippen LogP contribution in [0.4, 0.5) is 0 Å². The summed E-state index contributed by atoms with van der Waals surface area (Å²) in [5, 5.41) is 3.16. The van der Waals surface area contributed by atoms with Crippen molar-refractivity contribution in [3.63, 3.8) is 0 Å². The second kappa shape index (κ2) is 7.07. The minimum Gasteiger partial charge on any atom is -0.393 e. The molecule has 4 unspecified atom stereocenters. The van der Waals surface area contributed by atoms with Gasteiger partial charge in [-0.05, 0) is 24.7 Å². The van der Waals surface area contributed by atoms with Crippen LogP contribution in [0.2, 0.25) is 0 Å². The highest BCUT2D eigenvalue weighted by molar-refractivity contribution is 7.80. The average Bonchev–Trinajstić information content (AvgIpc) is 2.31. The van der Waals surface area contributed by atoms with Crippen LogP contribution in [0.5, 0.6) is 0 Å². The Hall–Kier alpha value is -0.640. The van der Waals surface area contributed by atoms with Crippen LogP contribution >= 0.6 is 12.2 Å². The smallest absolute Gasteiger partial charge is 0.230 e. The fraction of sp³-hybridized carbons (Fsp3) is 0.857. The topological polar surface area (TPSA) is 55.1 Å². The van der Waals surface area contributed by atoms with Gasteiger partial charge in [-0.25, -0.2) is 0 Å². The predicted molar refractivity (Wildman–Crippen MR) is 79.3 cm³/mol. The number of thiocarbonyl (C=S) groups is 1. The second-order valence-corrected chi connectivity index (χ2v) is 6.10. The lowest BCUT2D eigenvalue weighted by molar-refractivity contribution is -0.124. The first kappa shape index (κ1) is 15.4. The van der Waals surface area contributed by atoms with E-state index >= 15 is 0 Å². The number of amides is 1. The van der Waals surface area contributed by atoms with Crippen molar-refractivity contribution in [2.45, 2.75) is 58.9 Å². The molecule has 1 amide bonds. The Balaban J connectivity index is 2.59. The van der Waals surface area contributed by atoms with E-state index in [0.29, 0.717) is 16.8 Å². The number of rotatable bonds is 5. The molecule has 1 fully saturated rings. The summed E-state index contributed by atoms with van der Waals surface area (Å²) in [6.45, 7) is 6.54. The summed E-state index contributed by atoms with van der Waals surface area (Å²) >= 11 is 5.00. The lowest BCUT2D eigenvalue weighted by atomic mass is 9.78. The molecule has 0 saturated heterocycles. The van der Waals surface area contributed by atoms with Crippen molar-refractivity contribution < 1.29 is 4.79 Å².